The van der Waals surface area contributed by atoms with Gasteiger partial charge >= 0.3 is 6.18 Å². The zero-order chi connectivity index (χ0) is 77.9. The van der Waals surface area contributed by atoms with Gasteiger partial charge in [-0.2, -0.15) is 13.2 Å². The van der Waals surface area contributed by atoms with Crippen molar-refractivity contribution >= 4 is 82.5 Å². The summed E-state index contributed by atoms with van der Waals surface area (Å²) in [6.07, 6.45) is 5.73. The first-order chi connectivity index (χ1) is 49.4. The number of hydrogen-bond donors (Lipinski definition) is 3. The quantitative estimate of drug-likeness (QED) is 0.142. The number of amides is 12. The van der Waals surface area contributed by atoms with Crippen molar-refractivity contribution in [1.82, 2.24) is 60.0 Å². The summed E-state index contributed by atoms with van der Waals surface area (Å²) in [7, 11) is 11.3. The number of ether oxygens (including phenoxy) is 1. The summed E-state index contributed by atoms with van der Waals surface area (Å²) < 4.78 is 48.1. The lowest BCUT2D eigenvalue weighted by Crippen LogP contribution is -2.66. The summed E-state index contributed by atoms with van der Waals surface area (Å²) in [5.74, 6) is -9.08. The Morgan fingerprint density at radius 1 is 0.619 bits per heavy atom. The second kappa shape index (κ2) is 39.7. The van der Waals surface area contributed by atoms with Gasteiger partial charge in [0.25, 0.3) is 0 Å². The average Bonchev–Trinajstić information content (AvgIpc) is 1.75. The molecule has 0 aromatic heterocycles. The summed E-state index contributed by atoms with van der Waals surface area (Å²) >= 11 is 6.19. The van der Waals surface area contributed by atoms with Gasteiger partial charge in [-0.1, -0.05) is 123 Å². The lowest BCUT2D eigenvalue weighted by molar-refractivity contribution is -0.157. The maximum Gasteiger partial charge on any atom is 0.417 e. The number of carbonyl (C=O) groups is 12. The van der Waals surface area contributed by atoms with E-state index in [1.165, 1.54) is 82.0 Å². The van der Waals surface area contributed by atoms with E-state index in [-0.39, 0.29) is 68.4 Å². The normalized spacial score (nSPS) is 25.7. The van der Waals surface area contributed by atoms with Crippen LogP contribution in [0.1, 0.15) is 194 Å². The minimum Gasteiger partial charge on any atom is -0.379 e. The SMILES string of the molecule is CC[C@H](C)[C@@H]1NC(=O)[C@H](CC(C)C)N(C)C(=O)C[C@@H](C(=O)N2CCCCC2)N(C)C(=O)[C@H](C2CCCC2)N(C)C(=O)C2(CCCC2)NC(=O)[C@@H](COCCC(C)C)N(C)C(=O)[C@H](CCc2ccc(C(F)(F)F)c(Cl)c2)NC(=O)CN(C)C(=O)[C@H](CC2CCCCC2)N(C)C(=O)CN(C)C(=O)CN(C)C1=O. The second-order valence-electron chi connectivity index (χ2n) is 31.4. The van der Waals surface area contributed by atoms with Gasteiger partial charge in [0.15, 0.2) is 0 Å². The molecule has 8 atom stereocenters. The van der Waals surface area contributed by atoms with Crippen molar-refractivity contribution in [2.45, 2.75) is 243 Å². The number of likely N-dealkylation sites (tertiary alicyclic amines) is 1. The first kappa shape index (κ1) is 86.8. The number of carbonyl (C=O) groups excluding carboxylic acids is 12. The minimum atomic E-state index is -4.78. The van der Waals surface area contributed by atoms with E-state index >= 15 is 28.8 Å². The Hall–Kier alpha value is -7.10. The fraction of sp³-hybridized carbons (Fsp3) is 0.763. The lowest BCUT2D eigenvalue weighted by atomic mass is 9.84. The van der Waals surface area contributed by atoms with Crippen LogP contribution in [-0.2, 0) is 74.9 Å². The number of alkyl halides is 3. The maximum atomic E-state index is 15.9. The Labute approximate surface area is 624 Å². The molecule has 5 aliphatic rings. The van der Waals surface area contributed by atoms with Gasteiger partial charge in [0.05, 0.1) is 43.2 Å². The molecule has 105 heavy (non-hydrogen) atoms. The fourth-order valence-corrected chi connectivity index (χ4v) is 15.8. The van der Waals surface area contributed by atoms with Crippen molar-refractivity contribution in [2.75, 3.05) is 102 Å². The lowest BCUT2D eigenvalue weighted by Gasteiger charge is -2.42. The number of piperidine rings is 1. The van der Waals surface area contributed by atoms with E-state index in [0.717, 1.165) is 83.1 Å². The van der Waals surface area contributed by atoms with Crippen molar-refractivity contribution < 1.29 is 75.4 Å². The molecule has 590 valence electrons. The molecule has 1 spiro atoms. The van der Waals surface area contributed by atoms with E-state index in [1.54, 1.807) is 11.8 Å². The molecule has 5 fully saturated rings. The van der Waals surface area contributed by atoms with Crippen LogP contribution in [-0.4, -0.2) is 265 Å². The third-order valence-electron chi connectivity index (χ3n) is 22.5. The van der Waals surface area contributed by atoms with Gasteiger partial charge in [0, 0.05) is 76.1 Å². The van der Waals surface area contributed by atoms with E-state index in [2.05, 4.69) is 16.0 Å². The summed E-state index contributed by atoms with van der Waals surface area (Å²) in [5.41, 5.74) is -2.48. The first-order valence-corrected chi connectivity index (χ1v) is 38.5. The van der Waals surface area contributed by atoms with Gasteiger partial charge in [0.1, 0.15) is 47.8 Å². The molecule has 2 aliphatic heterocycles. The average molecular weight is 1500 g/mol. The zero-order valence-corrected chi connectivity index (χ0v) is 65.5. The van der Waals surface area contributed by atoms with Crippen LogP contribution >= 0.6 is 11.6 Å². The molecule has 3 aliphatic carbocycles. The fourth-order valence-electron chi connectivity index (χ4n) is 15.4. The Bertz CT molecular complexity index is 3190. The van der Waals surface area contributed by atoms with E-state index in [1.807, 2.05) is 34.6 Å². The highest BCUT2D eigenvalue weighted by Gasteiger charge is 2.51. The molecule has 0 unspecified atom stereocenters. The topological polar surface area (TPSA) is 279 Å². The number of hydrogen-bond acceptors (Lipinski definition) is 13. The number of likely N-dealkylation sites (N-methyl/N-ethyl adjacent to an activating group) is 8. The molecule has 0 radical (unpaired) electrons. The molecule has 25 nitrogen and oxygen atoms in total. The van der Waals surface area contributed by atoms with E-state index in [9.17, 15) is 41.9 Å². The van der Waals surface area contributed by atoms with Gasteiger partial charge in [-0.25, -0.2) is 0 Å². The monoisotopic (exact) mass is 1500 g/mol. The predicted octanol–water partition coefficient (Wildman–Crippen LogP) is 6.93. The van der Waals surface area contributed by atoms with Gasteiger partial charge in [-0.3, -0.25) is 57.5 Å². The van der Waals surface area contributed by atoms with Crippen LogP contribution in [0.5, 0.6) is 0 Å². The Morgan fingerprint density at radius 3 is 1.80 bits per heavy atom. The molecule has 6 rings (SSSR count). The maximum absolute atomic E-state index is 15.9. The van der Waals surface area contributed by atoms with Gasteiger partial charge in [-0.05, 0) is 124 Å². The number of halogens is 4. The molecule has 12 amide bonds. The standard InChI is InChI=1S/C76H120ClF3N12O13/c1-15-50(6)65-72(102)86(9)45-63(95)84(7)46-64(96)88(11)58(42-51-26-18-16-19-27-51)70(100)85(8)44-61(93)81-56(33-31-52-30-32-54(55(77)41-52)76(78,79)80)69(99)90(13)60(47-105-39-34-48(2)3)68(98)83-75(35-22-23-36-75)74(104)91(14)66(53-28-20-21-29-53)73(103)89(12)59(71(101)92-37-24-17-25-38-92)43-62(94)87(10)57(40-49(4)5)67(97)82-65/h30,32,41,48-51,53,56-60,65-66H,15-29,31,33-40,42-47H2,1-14H3,(H,81,93)(H,82,97)(H,83,98)/t50-,56-,57-,58-,59-,60+,65-,66-/m0/s1. The number of benzene rings is 1. The van der Waals surface area contributed by atoms with Crippen molar-refractivity contribution in [3.8, 4) is 0 Å². The van der Waals surface area contributed by atoms with Crippen LogP contribution < -0.4 is 16.0 Å². The van der Waals surface area contributed by atoms with E-state index in [4.69, 9.17) is 16.3 Å². The number of aryl methyl sites for hydroxylation is 1. The first-order valence-electron chi connectivity index (χ1n) is 38.1. The summed E-state index contributed by atoms with van der Waals surface area (Å²) in [5, 5.41) is 8.12. The molecule has 2 saturated heterocycles. The molecule has 1 aromatic carbocycles. The largest absolute Gasteiger partial charge is 0.417 e. The highest BCUT2D eigenvalue weighted by atomic mass is 35.5. The third kappa shape index (κ3) is 23.5. The molecular weight excluding hydrogens is 1380 g/mol. The molecule has 3 N–H and O–H groups in total. The Balaban J connectivity index is 1.48. The van der Waals surface area contributed by atoms with Crippen LogP contribution in [0.15, 0.2) is 18.2 Å². The van der Waals surface area contributed by atoms with Crippen molar-refractivity contribution in [3.05, 3.63) is 34.3 Å². The highest BCUT2D eigenvalue weighted by molar-refractivity contribution is 6.31. The van der Waals surface area contributed by atoms with Crippen LogP contribution in [0.25, 0.3) is 0 Å². The minimum absolute atomic E-state index is 0.00115. The van der Waals surface area contributed by atoms with Crippen molar-refractivity contribution in [3.63, 3.8) is 0 Å². The number of rotatable bonds is 16. The molecule has 2 heterocycles. The predicted molar refractivity (Wildman–Crippen MR) is 391 cm³/mol. The van der Waals surface area contributed by atoms with Gasteiger partial charge in [-0.15, -0.1) is 0 Å². The highest BCUT2D eigenvalue weighted by Crippen LogP contribution is 2.38. The van der Waals surface area contributed by atoms with Crippen LogP contribution in [0.2, 0.25) is 5.02 Å². The molecule has 29 heteroatoms. The van der Waals surface area contributed by atoms with E-state index in [0.29, 0.717) is 64.5 Å². The van der Waals surface area contributed by atoms with Crippen LogP contribution in [0, 0.1) is 29.6 Å². The van der Waals surface area contributed by atoms with E-state index < -0.39 is 180 Å². The summed E-state index contributed by atoms with van der Waals surface area (Å²) in [4.78, 5) is 192. The Kier molecular flexibility index (Phi) is 32.8. The van der Waals surface area contributed by atoms with Crippen LogP contribution in [0.4, 0.5) is 13.2 Å². The molecule has 3 saturated carbocycles. The third-order valence-corrected chi connectivity index (χ3v) is 22.8. The smallest absolute Gasteiger partial charge is 0.379 e. The number of nitrogens with one attached hydrogen (secondary N) is 3. The molecule has 1 aromatic rings. The number of nitrogens with zero attached hydrogens (tertiary/aromatic N) is 9. The second-order valence-corrected chi connectivity index (χ2v) is 31.8. The summed E-state index contributed by atoms with van der Waals surface area (Å²) in [6, 6.07) is -6.09. The van der Waals surface area contributed by atoms with Crippen LogP contribution in [0.3, 0.4) is 0 Å². The summed E-state index contributed by atoms with van der Waals surface area (Å²) in [6.45, 7) is 10.0. The molecule has 0 bridgehead atoms. The zero-order valence-electron chi connectivity index (χ0n) is 64.7. The molecular formula is C76H120ClF3N12O13. The van der Waals surface area contributed by atoms with Crippen molar-refractivity contribution in [1.29, 1.82) is 0 Å². The van der Waals surface area contributed by atoms with Gasteiger partial charge < -0.3 is 64.8 Å². The van der Waals surface area contributed by atoms with Gasteiger partial charge in [0.2, 0.25) is 70.9 Å². The van der Waals surface area contributed by atoms with Crippen molar-refractivity contribution in [2.24, 2.45) is 29.6 Å². The Morgan fingerprint density at radius 2 is 1.21 bits per heavy atom.